The molecule has 1 aliphatic heterocycles. The summed E-state index contributed by atoms with van der Waals surface area (Å²) in [6.07, 6.45) is 4.04. The number of carbonyl (C=O) groups is 2. The SMILES string of the molecule is O=C(Cc1ccc(NC(=O)c2ccc(Br)o2)cc1)Nc1ccc(N2CCCCC2)cc1. The molecule has 1 saturated heterocycles. The Morgan fingerprint density at radius 2 is 1.48 bits per heavy atom. The molecule has 3 aromatic rings. The fraction of sp³-hybridized carbons (Fsp3) is 0.250. The van der Waals surface area contributed by atoms with Gasteiger partial charge >= 0.3 is 0 Å². The number of nitrogens with one attached hydrogen (secondary N) is 2. The summed E-state index contributed by atoms with van der Waals surface area (Å²) in [5.74, 6) is -0.186. The molecule has 2 heterocycles. The van der Waals surface area contributed by atoms with Crippen LogP contribution in [0.1, 0.15) is 35.4 Å². The van der Waals surface area contributed by atoms with Gasteiger partial charge in [0.15, 0.2) is 10.4 Å². The van der Waals surface area contributed by atoms with Crippen LogP contribution in [0.25, 0.3) is 0 Å². The molecule has 0 atom stereocenters. The van der Waals surface area contributed by atoms with Gasteiger partial charge in [0.2, 0.25) is 5.91 Å². The Balaban J connectivity index is 1.28. The summed E-state index contributed by atoms with van der Waals surface area (Å²) in [5.41, 5.74) is 3.49. The molecule has 1 aliphatic rings. The first kappa shape index (κ1) is 21.2. The van der Waals surface area contributed by atoms with Crippen LogP contribution in [-0.2, 0) is 11.2 Å². The molecule has 0 radical (unpaired) electrons. The molecule has 0 aliphatic carbocycles. The van der Waals surface area contributed by atoms with Crippen LogP contribution in [-0.4, -0.2) is 24.9 Å². The Labute approximate surface area is 189 Å². The Kier molecular flexibility index (Phi) is 6.72. The lowest BCUT2D eigenvalue weighted by Gasteiger charge is -2.28. The van der Waals surface area contributed by atoms with E-state index >= 15 is 0 Å². The first-order valence-electron chi connectivity index (χ1n) is 10.4. The van der Waals surface area contributed by atoms with Gasteiger partial charge < -0.3 is 20.0 Å². The zero-order valence-corrected chi connectivity index (χ0v) is 18.7. The normalized spacial score (nSPS) is 13.6. The number of anilines is 3. The van der Waals surface area contributed by atoms with E-state index in [0.717, 1.165) is 24.3 Å². The molecule has 2 aromatic carbocycles. The number of benzene rings is 2. The molecule has 0 bridgehead atoms. The summed E-state index contributed by atoms with van der Waals surface area (Å²) < 4.78 is 5.74. The molecule has 2 N–H and O–H groups in total. The minimum atomic E-state index is -0.329. The third kappa shape index (κ3) is 5.76. The predicted molar refractivity (Wildman–Crippen MR) is 126 cm³/mol. The molecular formula is C24H24BrN3O3. The molecule has 4 rings (SSSR count). The van der Waals surface area contributed by atoms with Crippen molar-refractivity contribution in [3.05, 3.63) is 76.7 Å². The number of halogens is 1. The second kappa shape index (κ2) is 9.83. The highest BCUT2D eigenvalue weighted by molar-refractivity contribution is 9.10. The van der Waals surface area contributed by atoms with Gasteiger partial charge in [-0.05, 0) is 89.3 Å². The molecule has 0 unspecified atom stereocenters. The molecule has 7 heteroatoms. The van der Waals surface area contributed by atoms with Gasteiger partial charge in [0.05, 0.1) is 6.42 Å². The number of piperidine rings is 1. The third-order valence-corrected chi connectivity index (χ3v) is 5.67. The molecule has 0 saturated carbocycles. The number of nitrogens with zero attached hydrogens (tertiary/aromatic N) is 1. The highest BCUT2D eigenvalue weighted by Gasteiger charge is 2.12. The first-order chi connectivity index (χ1) is 15.1. The van der Waals surface area contributed by atoms with Gasteiger partial charge in [0.25, 0.3) is 5.91 Å². The first-order valence-corrected chi connectivity index (χ1v) is 11.2. The molecular weight excluding hydrogens is 458 g/mol. The standard InChI is InChI=1S/C24H24BrN3O3/c25-22-13-12-21(31-22)24(30)27-19-6-4-17(5-7-19)16-23(29)26-18-8-10-20(11-9-18)28-14-2-1-3-15-28/h4-13H,1-3,14-16H2,(H,26,29)(H,27,30). The Bertz CT molecular complexity index is 1040. The maximum absolute atomic E-state index is 12.4. The van der Waals surface area contributed by atoms with Crippen molar-refractivity contribution < 1.29 is 14.0 Å². The summed E-state index contributed by atoms with van der Waals surface area (Å²) in [6.45, 7) is 2.20. The van der Waals surface area contributed by atoms with Crippen LogP contribution in [0.4, 0.5) is 17.1 Å². The molecule has 1 fully saturated rings. The minimum absolute atomic E-state index is 0.0806. The van der Waals surface area contributed by atoms with E-state index in [1.165, 1.54) is 24.9 Å². The zero-order valence-electron chi connectivity index (χ0n) is 17.1. The lowest BCUT2D eigenvalue weighted by molar-refractivity contribution is -0.115. The van der Waals surface area contributed by atoms with E-state index in [4.69, 9.17) is 4.42 Å². The fourth-order valence-corrected chi connectivity index (χ4v) is 3.94. The average molecular weight is 482 g/mol. The van der Waals surface area contributed by atoms with Crippen LogP contribution < -0.4 is 15.5 Å². The maximum Gasteiger partial charge on any atom is 0.291 e. The van der Waals surface area contributed by atoms with Crippen molar-refractivity contribution in [3.63, 3.8) is 0 Å². The second-order valence-electron chi connectivity index (χ2n) is 7.57. The van der Waals surface area contributed by atoms with Crippen LogP contribution in [0.2, 0.25) is 0 Å². The van der Waals surface area contributed by atoms with Crippen molar-refractivity contribution in [2.24, 2.45) is 0 Å². The Morgan fingerprint density at radius 3 is 2.13 bits per heavy atom. The number of hydrogen-bond donors (Lipinski definition) is 2. The fourth-order valence-electron chi connectivity index (χ4n) is 3.63. The summed E-state index contributed by atoms with van der Waals surface area (Å²) in [4.78, 5) is 26.9. The number of rotatable bonds is 6. The lowest BCUT2D eigenvalue weighted by Crippen LogP contribution is -2.29. The zero-order chi connectivity index (χ0) is 21.6. The van der Waals surface area contributed by atoms with Gasteiger partial charge in [0.1, 0.15) is 0 Å². The quantitative estimate of drug-likeness (QED) is 0.489. The van der Waals surface area contributed by atoms with Gasteiger partial charge in [0, 0.05) is 30.2 Å². The van der Waals surface area contributed by atoms with Crippen LogP contribution in [0.15, 0.2) is 69.8 Å². The van der Waals surface area contributed by atoms with E-state index in [2.05, 4.69) is 43.6 Å². The number of furan rings is 1. The van der Waals surface area contributed by atoms with Gasteiger partial charge in [-0.3, -0.25) is 9.59 Å². The molecule has 31 heavy (non-hydrogen) atoms. The van der Waals surface area contributed by atoms with Gasteiger partial charge in [-0.1, -0.05) is 12.1 Å². The van der Waals surface area contributed by atoms with Crippen LogP contribution >= 0.6 is 15.9 Å². The lowest BCUT2D eigenvalue weighted by atomic mass is 10.1. The highest BCUT2D eigenvalue weighted by Crippen LogP contribution is 2.22. The monoisotopic (exact) mass is 481 g/mol. The summed E-state index contributed by atoms with van der Waals surface area (Å²) in [5, 5.41) is 5.71. The largest absolute Gasteiger partial charge is 0.444 e. The number of amides is 2. The average Bonchev–Trinajstić information content (AvgIpc) is 3.23. The van der Waals surface area contributed by atoms with E-state index in [9.17, 15) is 9.59 Å². The molecule has 6 nitrogen and oxygen atoms in total. The Hall–Kier alpha value is -3.06. The smallest absolute Gasteiger partial charge is 0.291 e. The van der Waals surface area contributed by atoms with Crippen molar-refractivity contribution in [2.45, 2.75) is 25.7 Å². The molecule has 1 aromatic heterocycles. The minimum Gasteiger partial charge on any atom is -0.444 e. The summed E-state index contributed by atoms with van der Waals surface area (Å²) >= 11 is 3.18. The number of carbonyl (C=O) groups excluding carboxylic acids is 2. The number of hydrogen-bond acceptors (Lipinski definition) is 4. The van der Waals surface area contributed by atoms with Crippen molar-refractivity contribution in [2.75, 3.05) is 28.6 Å². The van der Waals surface area contributed by atoms with E-state index in [0.29, 0.717) is 10.4 Å². The summed E-state index contributed by atoms with van der Waals surface area (Å²) in [6, 6.07) is 18.5. The van der Waals surface area contributed by atoms with Crippen LogP contribution in [0, 0.1) is 0 Å². The topological polar surface area (TPSA) is 74.6 Å². The van der Waals surface area contributed by atoms with Gasteiger partial charge in [-0.2, -0.15) is 0 Å². The summed E-state index contributed by atoms with van der Waals surface area (Å²) in [7, 11) is 0. The maximum atomic E-state index is 12.4. The second-order valence-corrected chi connectivity index (χ2v) is 8.36. The van der Waals surface area contributed by atoms with Crippen molar-refractivity contribution in [1.82, 2.24) is 0 Å². The van der Waals surface area contributed by atoms with Crippen molar-refractivity contribution in [3.8, 4) is 0 Å². The van der Waals surface area contributed by atoms with E-state index < -0.39 is 0 Å². The van der Waals surface area contributed by atoms with E-state index in [1.807, 2.05) is 24.3 Å². The molecule has 160 valence electrons. The molecule has 2 amide bonds. The van der Waals surface area contributed by atoms with E-state index in [-0.39, 0.29) is 24.0 Å². The van der Waals surface area contributed by atoms with Crippen LogP contribution in [0.3, 0.4) is 0 Å². The highest BCUT2D eigenvalue weighted by atomic mass is 79.9. The molecule has 0 spiro atoms. The predicted octanol–water partition coefficient (Wildman–Crippen LogP) is 5.47. The third-order valence-electron chi connectivity index (χ3n) is 5.25. The van der Waals surface area contributed by atoms with E-state index in [1.54, 1.807) is 24.3 Å². The van der Waals surface area contributed by atoms with Crippen LogP contribution in [0.5, 0.6) is 0 Å². The van der Waals surface area contributed by atoms with Crippen molar-refractivity contribution in [1.29, 1.82) is 0 Å². The van der Waals surface area contributed by atoms with Gasteiger partial charge in [-0.15, -0.1) is 0 Å². The van der Waals surface area contributed by atoms with Gasteiger partial charge in [-0.25, -0.2) is 0 Å². The Morgan fingerprint density at radius 1 is 0.839 bits per heavy atom. The van der Waals surface area contributed by atoms with Crippen molar-refractivity contribution >= 4 is 44.8 Å².